The largest absolute Gasteiger partial charge is 0.481 e. The van der Waals surface area contributed by atoms with Crippen molar-refractivity contribution >= 4 is 16.7 Å². The summed E-state index contributed by atoms with van der Waals surface area (Å²) in [5, 5.41) is 24.2. The highest BCUT2D eigenvalue weighted by Crippen LogP contribution is 2.22. The molecule has 2 aromatic rings. The lowest BCUT2D eigenvalue weighted by Gasteiger charge is -2.20. The Morgan fingerprint density at radius 3 is 2.60 bits per heavy atom. The van der Waals surface area contributed by atoms with Crippen LogP contribution in [0.1, 0.15) is 25.0 Å². The highest BCUT2D eigenvalue weighted by Gasteiger charge is 2.16. The fraction of sp³-hybridized carbons (Fsp3) is 0.312. The number of aliphatic carboxylic acids is 1. The molecule has 4 nitrogen and oxygen atoms in total. The Balaban J connectivity index is 2.06. The first kappa shape index (κ1) is 14.5. The van der Waals surface area contributed by atoms with Gasteiger partial charge in [-0.15, -0.1) is 0 Å². The number of hydrogen-bond donors (Lipinski definition) is 3. The monoisotopic (exact) mass is 273 g/mol. The van der Waals surface area contributed by atoms with E-state index in [0.717, 1.165) is 16.3 Å². The zero-order valence-corrected chi connectivity index (χ0v) is 11.4. The van der Waals surface area contributed by atoms with E-state index >= 15 is 0 Å². The maximum absolute atomic E-state index is 10.5. The molecule has 0 amide bonds. The molecule has 20 heavy (non-hydrogen) atoms. The number of fused-ring (bicyclic) bond motifs is 1. The quantitative estimate of drug-likeness (QED) is 0.755. The van der Waals surface area contributed by atoms with Crippen molar-refractivity contribution in [3.8, 4) is 0 Å². The average Bonchev–Trinajstić information content (AvgIpc) is 2.45. The Kier molecular flexibility index (Phi) is 4.71. The summed E-state index contributed by atoms with van der Waals surface area (Å²) in [6.45, 7) is 2.20. The van der Waals surface area contributed by atoms with Gasteiger partial charge in [-0.1, -0.05) is 36.4 Å². The van der Waals surface area contributed by atoms with E-state index in [-0.39, 0.29) is 12.5 Å². The second-order valence-corrected chi connectivity index (χ2v) is 4.94. The number of hydrogen-bond acceptors (Lipinski definition) is 3. The van der Waals surface area contributed by atoms with Gasteiger partial charge in [0.05, 0.1) is 12.5 Å². The summed E-state index contributed by atoms with van der Waals surface area (Å²) in [6.07, 6.45) is -0.609. The number of carboxylic acids is 1. The smallest absolute Gasteiger partial charge is 0.304 e. The predicted octanol–water partition coefficient (Wildman–Crippen LogP) is 2.33. The summed E-state index contributed by atoms with van der Waals surface area (Å²) >= 11 is 0. The van der Waals surface area contributed by atoms with E-state index in [2.05, 4.69) is 5.32 Å². The summed E-state index contributed by atoms with van der Waals surface area (Å²) in [6, 6.07) is 13.6. The number of aliphatic hydroxyl groups excluding tert-OH is 1. The first-order valence-corrected chi connectivity index (χ1v) is 6.70. The molecule has 0 aliphatic carbocycles. The molecule has 0 saturated carbocycles. The Morgan fingerprint density at radius 2 is 1.90 bits per heavy atom. The van der Waals surface area contributed by atoms with Crippen LogP contribution < -0.4 is 5.32 Å². The Bertz CT molecular complexity index is 597. The summed E-state index contributed by atoms with van der Waals surface area (Å²) in [7, 11) is 0. The van der Waals surface area contributed by atoms with Crippen molar-refractivity contribution in [2.24, 2.45) is 0 Å². The van der Waals surface area contributed by atoms with Gasteiger partial charge >= 0.3 is 5.97 Å². The third kappa shape index (κ3) is 3.56. The van der Waals surface area contributed by atoms with Crippen molar-refractivity contribution in [1.29, 1.82) is 0 Å². The number of nitrogens with one attached hydrogen (secondary N) is 1. The first-order chi connectivity index (χ1) is 9.58. The molecule has 0 aromatic heterocycles. The second kappa shape index (κ2) is 6.50. The maximum atomic E-state index is 10.5. The highest BCUT2D eigenvalue weighted by atomic mass is 16.4. The second-order valence-electron chi connectivity index (χ2n) is 4.94. The van der Waals surface area contributed by atoms with Gasteiger partial charge in [-0.25, -0.2) is 0 Å². The molecule has 2 rings (SSSR count). The van der Waals surface area contributed by atoms with Crippen LogP contribution >= 0.6 is 0 Å². The molecule has 0 aliphatic rings. The van der Waals surface area contributed by atoms with E-state index in [9.17, 15) is 9.90 Å². The lowest BCUT2D eigenvalue weighted by molar-refractivity contribution is -0.136. The van der Waals surface area contributed by atoms with E-state index in [0.29, 0.717) is 6.54 Å². The van der Waals surface area contributed by atoms with E-state index in [1.807, 2.05) is 49.4 Å². The van der Waals surface area contributed by atoms with E-state index in [4.69, 9.17) is 5.11 Å². The number of carbonyl (C=O) groups is 1. The van der Waals surface area contributed by atoms with Crippen molar-refractivity contribution in [3.05, 3.63) is 48.0 Å². The minimum Gasteiger partial charge on any atom is -0.481 e. The molecule has 2 unspecified atom stereocenters. The third-order valence-corrected chi connectivity index (χ3v) is 3.39. The van der Waals surface area contributed by atoms with Gasteiger partial charge in [0, 0.05) is 12.6 Å². The molecule has 0 bridgehead atoms. The first-order valence-electron chi connectivity index (χ1n) is 6.70. The Morgan fingerprint density at radius 1 is 1.20 bits per heavy atom. The Hall–Kier alpha value is -1.91. The van der Waals surface area contributed by atoms with Crippen LogP contribution in [0.15, 0.2) is 42.5 Å². The topological polar surface area (TPSA) is 69.6 Å². The number of rotatable bonds is 6. The van der Waals surface area contributed by atoms with Gasteiger partial charge in [-0.3, -0.25) is 4.79 Å². The van der Waals surface area contributed by atoms with Gasteiger partial charge in [0.2, 0.25) is 0 Å². The number of aliphatic hydroxyl groups is 1. The van der Waals surface area contributed by atoms with Crippen LogP contribution in [0.2, 0.25) is 0 Å². The molecule has 0 saturated heterocycles. The molecule has 0 spiro atoms. The molecule has 4 heteroatoms. The fourth-order valence-electron chi connectivity index (χ4n) is 2.20. The fourth-order valence-corrected chi connectivity index (χ4v) is 2.20. The zero-order chi connectivity index (χ0) is 14.5. The normalized spacial score (nSPS) is 14.1. The van der Waals surface area contributed by atoms with Gasteiger partial charge in [0.1, 0.15) is 0 Å². The van der Waals surface area contributed by atoms with Crippen molar-refractivity contribution in [2.75, 3.05) is 6.54 Å². The van der Waals surface area contributed by atoms with Gasteiger partial charge in [0.15, 0.2) is 0 Å². The van der Waals surface area contributed by atoms with Crippen LogP contribution in [-0.2, 0) is 4.79 Å². The SMILES string of the molecule is CC(NCCC(=O)O)C(O)c1ccc2ccccc2c1. The van der Waals surface area contributed by atoms with Gasteiger partial charge in [-0.05, 0) is 29.3 Å². The summed E-state index contributed by atoms with van der Waals surface area (Å²) in [5.74, 6) is -0.843. The van der Waals surface area contributed by atoms with Crippen LogP contribution in [0.3, 0.4) is 0 Å². The van der Waals surface area contributed by atoms with Crippen LogP contribution in [0.25, 0.3) is 10.8 Å². The number of carboxylic acid groups (broad SMARTS) is 1. The summed E-state index contributed by atoms with van der Waals surface area (Å²) < 4.78 is 0. The highest BCUT2D eigenvalue weighted by molar-refractivity contribution is 5.83. The van der Waals surface area contributed by atoms with Crippen LogP contribution in [0, 0.1) is 0 Å². The minimum absolute atomic E-state index is 0.0504. The molecule has 0 fully saturated rings. The summed E-state index contributed by atoms with van der Waals surface area (Å²) in [5.41, 5.74) is 0.832. The van der Waals surface area contributed by atoms with Crippen LogP contribution in [-0.4, -0.2) is 28.8 Å². The predicted molar refractivity (Wildman–Crippen MR) is 78.6 cm³/mol. The van der Waals surface area contributed by atoms with Crippen molar-refractivity contribution in [3.63, 3.8) is 0 Å². The van der Waals surface area contributed by atoms with E-state index in [1.165, 1.54) is 0 Å². The molecule has 3 N–H and O–H groups in total. The minimum atomic E-state index is -0.843. The average molecular weight is 273 g/mol. The van der Waals surface area contributed by atoms with Gasteiger partial charge < -0.3 is 15.5 Å². The van der Waals surface area contributed by atoms with E-state index in [1.54, 1.807) is 0 Å². The molecule has 2 atom stereocenters. The molecular formula is C16H19NO3. The van der Waals surface area contributed by atoms with Crippen molar-refractivity contribution in [1.82, 2.24) is 5.32 Å². The molecule has 106 valence electrons. The molecular weight excluding hydrogens is 254 g/mol. The lowest BCUT2D eigenvalue weighted by Crippen LogP contribution is -2.33. The van der Waals surface area contributed by atoms with Crippen molar-refractivity contribution < 1.29 is 15.0 Å². The van der Waals surface area contributed by atoms with Gasteiger partial charge in [0.25, 0.3) is 0 Å². The summed E-state index contributed by atoms with van der Waals surface area (Å²) in [4.78, 5) is 10.5. The lowest BCUT2D eigenvalue weighted by atomic mass is 9.99. The molecule has 0 radical (unpaired) electrons. The van der Waals surface area contributed by atoms with E-state index < -0.39 is 12.1 Å². The number of benzene rings is 2. The molecule has 0 heterocycles. The standard InChI is InChI=1S/C16H19NO3/c1-11(17-9-8-15(18)19)16(20)14-7-6-12-4-2-3-5-13(12)10-14/h2-7,10-11,16-17,20H,8-9H2,1H3,(H,18,19). The van der Waals surface area contributed by atoms with Crippen LogP contribution in [0.4, 0.5) is 0 Å². The third-order valence-electron chi connectivity index (χ3n) is 3.39. The maximum Gasteiger partial charge on any atom is 0.304 e. The molecule has 2 aromatic carbocycles. The van der Waals surface area contributed by atoms with Gasteiger partial charge in [-0.2, -0.15) is 0 Å². The zero-order valence-electron chi connectivity index (χ0n) is 11.4. The Labute approximate surface area is 118 Å². The van der Waals surface area contributed by atoms with Crippen molar-refractivity contribution in [2.45, 2.75) is 25.5 Å². The van der Waals surface area contributed by atoms with Crippen LogP contribution in [0.5, 0.6) is 0 Å². The molecule has 0 aliphatic heterocycles.